The third kappa shape index (κ3) is 2.56. The molecule has 0 heterocycles. The molecule has 23 heavy (non-hydrogen) atoms. The molecule has 0 radical (unpaired) electrons. The highest BCUT2D eigenvalue weighted by atomic mass is 16.4. The average Bonchev–Trinajstić information content (AvgIpc) is 2.43. The molecule has 0 aromatic carbocycles. The highest BCUT2D eigenvalue weighted by Gasteiger charge is 2.63. The highest BCUT2D eigenvalue weighted by Crippen LogP contribution is 2.69. The van der Waals surface area contributed by atoms with E-state index in [9.17, 15) is 15.0 Å². The topological polar surface area (TPSA) is 57.5 Å². The van der Waals surface area contributed by atoms with E-state index in [1.54, 1.807) is 0 Å². The van der Waals surface area contributed by atoms with Crippen LogP contribution in [-0.4, -0.2) is 21.8 Å². The minimum absolute atomic E-state index is 0.0116. The number of rotatable bonds is 4. The molecule has 3 nitrogen and oxygen atoms in total. The summed E-state index contributed by atoms with van der Waals surface area (Å²) in [5.74, 6) is 0.632. The monoisotopic (exact) mass is 320 g/mol. The zero-order chi connectivity index (χ0) is 17.0. The first-order chi connectivity index (χ1) is 10.6. The lowest BCUT2D eigenvalue weighted by molar-refractivity contribution is -0.208. The molecule has 3 heteroatoms. The van der Waals surface area contributed by atoms with E-state index in [1.165, 1.54) is 18.4 Å². The van der Waals surface area contributed by atoms with Crippen LogP contribution in [0.15, 0.2) is 12.2 Å². The summed E-state index contributed by atoms with van der Waals surface area (Å²) in [4.78, 5) is 11.2. The second-order valence-electron chi connectivity index (χ2n) is 9.26. The minimum atomic E-state index is -0.695. The third-order valence-corrected chi connectivity index (χ3v) is 7.83. The molecule has 6 atom stereocenters. The van der Waals surface area contributed by atoms with Gasteiger partial charge in [0, 0.05) is 6.42 Å². The molecule has 1 spiro atoms. The first-order valence-electron chi connectivity index (χ1n) is 9.20. The summed E-state index contributed by atoms with van der Waals surface area (Å²) in [6, 6.07) is 0. The lowest BCUT2D eigenvalue weighted by atomic mass is 9.38. The van der Waals surface area contributed by atoms with Gasteiger partial charge in [-0.15, -0.1) is 0 Å². The number of aliphatic carboxylic acids is 1. The van der Waals surface area contributed by atoms with Crippen LogP contribution in [0.25, 0.3) is 0 Å². The summed E-state index contributed by atoms with van der Waals surface area (Å²) in [5.41, 5.74) is 0.911. The van der Waals surface area contributed by atoms with Crippen molar-refractivity contribution in [2.75, 3.05) is 0 Å². The smallest absolute Gasteiger partial charge is 0.303 e. The summed E-state index contributed by atoms with van der Waals surface area (Å²) >= 11 is 0. The fraction of sp³-hybridized carbons (Fsp3) is 0.850. The van der Waals surface area contributed by atoms with Gasteiger partial charge >= 0.3 is 5.97 Å². The molecule has 0 aromatic rings. The number of fused-ring (bicyclic) bond motifs is 2. The van der Waals surface area contributed by atoms with Gasteiger partial charge in [-0.2, -0.15) is 0 Å². The number of carboxylic acids is 1. The number of hydrogen-bond acceptors (Lipinski definition) is 2. The lowest BCUT2D eigenvalue weighted by Crippen LogP contribution is -2.62. The minimum Gasteiger partial charge on any atom is -0.481 e. The van der Waals surface area contributed by atoms with Crippen molar-refractivity contribution in [3.05, 3.63) is 12.2 Å². The van der Waals surface area contributed by atoms with Gasteiger partial charge in [0.25, 0.3) is 0 Å². The van der Waals surface area contributed by atoms with E-state index in [4.69, 9.17) is 0 Å². The molecule has 2 N–H and O–H groups in total. The van der Waals surface area contributed by atoms with Crippen molar-refractivity contribution in [2.24, 2.45) is 28.6 Å². The zero-order valence-corrected chi connectivity index (χ0v) is 14.9. The molecule has 4 fully saturated rings. The molecule has 0 amide bonds. The largest absolute Gasteiger partial charge is 0.481 e. The molecule has 2 bridgehead atoms. The van der Waals surface area contributed by atoms with Crippen LogP contribution in [0.2, 0.25) is 0 Å². The van der Waals surface area contributed by atoms with Gasteiger partial charge in [0.1, 0.15) is 0 Å². The van der Waals surface area contributed by atoms with E-state index in [0.29, 0.717) is 17.8 Å². The summed E-state index contributed by atoms with van der Waals surface area (Å²) in [6.07, 6.45) is 7.56. The van der Waals surface area contributed by atoms with Crippen molar-refractivity contribution >= 4 is 5.97 Å². The Kier molecular flexibility index (Phi) is 3.95. The molecule has 4 rings (SSSR count). The third-order valence-electron chi connectivity index (χ3n) is 7.83. The quantitative estimate of drug-likeness (QED) is 0.755. The van der Waals surface area contributed by atoms with Crippen LogP contribution in [0.5, 0.6) is 0 Å². The van der Waals surface area contributed by atoms with Crippen LogP contribution in [0.3, 0.4) is 0 Å². The van der Waals surface area contributed by atoms with Gasteiger partial charge in [-0.05, 0) is 87.4 Å². The molecule has 0 aliphatic heterocycles. The first-order valence-corrected chi connectivity index (χ1v) is 9.20. The van der Waals surface area contributed by atoms with Crippen molar-refractivity contribution in [1.82, 2.24) is 0 Å². The predicted octanol–water partition coefficient (Wildman–Crippen LogP) is 4.40. The molecule has 4 saturated carbocycles. The molecule has 0 unspecified atom stereocenters. The maximum atomic E-state index is 11.2. The second kappa shape index (κ2) is 5.34. The Bertz CT molecular complexity index is 523. The van der Waals surface area contributed by atoms with Crippen molar-refractivity contribution in [1.29, 1.82) is 0 Å². The van der Waals surface area contributed by atoms with E-state index < -0.39 is 11.6 Å². The fourth-order valence-corrected chi connectivity index (χ4v) is 6.82. The Hall–Kier alpha value is -0.830. The lowest BCUT2D eigenvalue weighted by Gasteiger charge is -2.67. The van der Waals surface area contributed by atoms with Gasteiger partial charge in [0.15, 0.2) is 0 Å². The van der Waals surface area contributed by atoms with E-state index in [2.05, 4.69) is 20.4 Å². The Morgan fingerprint density at radius 1 is 1.26 bits per heavy atom. The van der Waals surface area contributed by atoms with Crippen LogP contribution in [0.4, 0.5) is 0 Å². The van der Waals surface area contributed by atoms with Crippen molar-refractivity contribution < 1.29 is 15.0 Å². The Morgan fingerprint density at radius 3 is 2.48 bits per heavy atom. The van der Waals surface area contributed by atoms with Crippen molar-refractivity contribution in [2.45, 2.75) is 77.7 Å². The second-order valence-corrected chi connectivity index (χ2v) is 9.26. The first kappa shape index (κ1) is 17.0. The van der Waals surface area contributed by atoms with Gasteiger partial charge in [0.05, 0.1) is 5.60 Å². The van der Waals surface area contributed by atoms with E-state index in [-0.39, 0.29) is 17.3 Å². The van der Waals surface area contributed by atoms with Crippen molar-refractivity contribution in [3.63, 3.8) is 0 Å². The molecule has 4 aliphatic carbocycles. The van der Waals surface area contributed by atoms with E-state index in [0.717, 1.165) is 32.1 Å². The van der Waals surface area contributed by atoms with Crippen LogP contribution in [0, 0.1) is 28.6 Å². The Morgan fingerprint density at radius 2 is 1.91 bits per heavy atom. The number of carbonyl (C=O) groups is 1. The Balaban J connectivity index is 1.96. The standard InChI is InChI=1S/C20H32O3/c1-13(2)15-6-10-20-9-5-14(19(4,23)12-20)11-16(20)18(15,3)8-7-17(21)22/h14-16,23H,1,5-12H2,2-4H3,(H,21,22)/t14-,15+,16-,18+,19-,20+/m0/s1. The predicted molar refractivity (Wildman–Crippen MR) is 91.0 cm³/mol. The summed E-state index contributed by atoms with van der Waals surface area (Å²) < 4.78 is 0. The molecular weight excluding hydrogens is 288 g/mol. The SMILES string of the molecule is C=C(C)[C@H]1CC[C@@]23CC[C@@H](C[C@H]2[C@]1(C)CCC(=O)O)[C@@](C)(O)C3. The normalized spacial score (nSPS) is 48.8. The number of carboxylic acid groups (broad SMARTS) is 1. The van der Waals surface area contributed by atoms with Crippen molar-refractivity contribution in [3.8, 4) is 0 Å². The summed E-state index contributed by atoms with van der Waals surface area (Å²) in [5, 5.41) is 20.1. The van der Waals surface area contributed by atoms with Crippen LogP contribution in [0.1, 0.15) is 72.1 Å². The number of hydrogen-bond donors (Lipinski definition) is 2. The number of allylic oxidation sites excluding steroid dienone is 1. The molecular formula is C20H32O3. The van der Waals surface area contributed by atoms with E-state index >= 15 is 0 Å². The summed E-state index contributed by atoms with van der Waals surface area (Å²) in [6.45, 7) is 10.7. The molecule has 0 aromatic heterocycles. The van der Waals surface area contributed by atoms with Gasteiger partial charge in [-0.3, -0.25) is 4.79 Å². The van der Waals surface area contributed by atoms with Crippen LogP contribution in [-0.2, 0) is 4.79 Å². The molecule has 130 valence electrons. The fourth-order valence-electron chi connectivity index (χ4n) is 6.82. The molecule has 0 saturated heterocycles. The Labute approximate surface area is 140 Å². The van der Waals surface area contributed by atoms with Crippen LogP contribution >= 0.6 is 0 Å². The van der Waals surface area contributed by atoms with Crippen LogP contribution < -0.4 is 0 Å². The maximum Gasteiger partial charge on any atom is 0.303 e. The van der Waals surface area contributed by atoms with Gasteiger partial charge in [0.2, 0.25) is 0 Å². The average molecular weight is 320 g/mol. The number of aliphatic hydroxyl groups is 1. The van der Waals surface area contributed by atoms with Gasteiger partial charge in [-0.1, -0.05) is 19.1 Å². The van der Waals surface area contributed by atoms with Gasteiger partial charge in [-0.25, -0.2) is 0 Å². The van der Waals surface area contributed by atoms with E-state index in [1.807, 2.05) is 6.92 Å². The molecule has 4 aliphatic rings. The van der Waals surface area contributed by atoms with Gasteiger partial charge < -0.3 is 10.2 Å². The maximum absolute atomic E-state index is 11.2. The highest BCUT2D eigenvalue weighted by molar-refractivity contribution is 5.66. The summed E-state index contributed by atoms with van der Waals surface area (Å²) in [7, 11) is 0. The zero-order valence-electron chi connectivity index (χ0n) is 14.9.